The number of aliphatic imine (C=N–C) groups is 2. The average molecular weight is 936 g/mol. The van der Waals surface area contributed by atoms with Crippen molar-refractivity contribution in [3.63, 3.8) is 0 Å². The van der Waals surface area contributed by atoms with Gasteiger partial charge in [-0.15, -0.1) is 24.8 Å². The maximum Gasteiger partial charge on any atom is 0.115 e. The molecule has 0 saturated heterocycles. The zero-order chi connectivity index (χ0) is 44.2. The summed E-state index contributed by atoms with van der Waals surface area (Å²) in [7, 11) is 0. The van der Waals surface area contributed by atoms with Crippen molar-refractivity contribution in [3.8, 4) is 33.8 Å². The molecule has 0 spiro atoms. The van der Waals surface area contributed by atoms with Gasteiger partial charge < -0.3 is 10.2 Å². The van der Waals surface area contributed by atoms with Crippen molar-refractivity contribution in [3.05, 3.63) is 241 Å². The van der Waals surface area contributed by atoms with Gasteiger partial charge in [-0.2, -0.15) is 0 Å². The van der Waals surface area contributed by atoms with Crippen molar-refractivity contribution >= 4 is 48.6 Å². The molecule has 8 rings (SSSR count). The maximum absolute atomic E-state index is 8.63. The van der Waals surface area contributed by atoms with Gasteiger partial charge in [-0.25, -0.2) is 0 Å². The fraction of sp³-hybridized carbons (Fsp3) is 0.138. The van der Waals surface area contributed by atoms with E-state index in [1.807, 2.05) is 85.2 Å². The summed E-state index contributed by atoms with van der Waals surface area (Å²) in [6.07, 6.45) is 3.91. The topological polar surface area (TPSA) is 65.2 Å². The summed E-state index contributed by atoms with van der Waals surface area (Å²) in [5.74, 6) is 0.644. The van der Waals surface area contributed by atoms with E-state index in [1.54, 1.807) is 48.5 Å². The van der Waals surface area contributed by atoms with Crippen LogP contribution in [-0.4, -0.2) is 22.6 Å². The molecule has 0 aromatic heterocycles. The monoisotopic (exact) mass is 934 g/mol. The van der Waals surface area contributed by atoms with Gasteiger partial charge in [0.2, 0.25) is 0 Å². The van der Waals surface area contributed by atoms with Crippen molar-refractivity contribution in [2.24, 2.45) is 9.98 Å². The molecule has 65 heavy (non-hydrogen) atoms. The van der Waals surface area contributed by atoms with E-state index in [4.69, 9.17) is 10.2 Å². The predicted octanol–water partition coefficient (Wildman–Crippen LogP) is 16.4. The first-order valence-corrected chi connectivity index (χ1v) is 20.9. The zero-order valence-electron chi connectivity index (χ0n) is 38.0. The number of halogens is 2. The summed E-state index contributed by atoms with van der Waals surface area (Å²) in [6.45, 7) is 13.5. The molecular weight excluding hydrogens is 875 g/mol. The van der Waals surface area contributed by atoms with Gasteiger partial charge >= 0.3 is 0 Å². The second kappa shape index (κ2) is 28.0. The summed E-state index contributed by atoms with van der Waals surface area (Å²) >= 11 is 0. The molecule has 2 N–H and O–H groups in total. The minimum absolute atomic E-state index is 0. The van der Waals surface area contributed by atoms with E-state index in [2.05, 4.69) is 149 Å². The molecule has 8 aromatic rings. The van der Waals surface area contributed by atoms with Crippen LogP contribution >= 0.6 is 24.8 Å². The van der Waals surface area contributed by atoms with E-state index < -0.39 is 0 Å². The average Bonchev–Trinajstić information content (AvgIpc) is 3.29. The number of phenols is 2. The minimum Gasteiger partial charge on any atom is -0.508 e. The second-order valence-electron chi connectivity index (χ2n) is 16.8. The van der Waals surface area contributed by atoms with Crippen LogP contribution in [0.1, 0.15) is 63.8 Å². The van der Waals surface area contributed by atoms with Crippen LogP contribution in [0, 0.1) is 0 Å². The van der Waals surface area contributed by atoms with Gasteiger partial charge in [0.05, 0.1) is 11.4 Å². The van der Waals surface area contributed by atoms with Crippen LogP contribution in [0.2, 0.25) is 0 Å². The summed E-state index contributed by atoms with van der Waals surface area (Å²) in [5, 5.41) is 17.3. The standard InChI is InChI=1S/2C23H23N.2C6H6O.2ClH.Ti/c2*1-23(2,3)21-15-18(17-24-22-12-8-5-9-13-22)14-20(16-21)19-10-6-4-7-11-19;2*7-6-4-2-1-3-5-6;;;/h2*4-17H,1-3H3;2*1-5,7H;2*1H;. The summed E-state index contributed by atoms with van der Waals surface area (Å²) < 4.78 is 0. The molecule has 4 nitrogen and oxygen atoms in total. The molecule has 0 heterocycles. The Morgan fingerprint density at radius 3 is 0.846 bits per heavy atom. The number of aromatic hydroxyl groups is 2. The maximum atomic E-state index is 8.63. The molecule has 332 valence electrons. The fourth-order valence-corrected chi connectivity index (χ4v) is 6.10. The normalized spacial score (nSPS) is 10.6. The first kappa shape index (κ1) is 55.1. The third-order valence-corrected chi connectivity index (χ3v) is 9.61. The molecule has 0 fully saturated rings. The van der Waals surface area contributed by atoms with Gasteiger partial charge in [0.15, 0.2) is 0 Å². The van der Waals surface area contributed by atoms with E-state index in [1.165, 1.54) is 33.4 Å². The van der Waals surface area contributed by atoms with E-state index in [0.717, 1.165) is 22.5 Å². The Morgan fingerprint density at radius 1 is 0.338 bits per heavy atom. The Hall–Kier alpha value is -6.01. The van der Waals surface area contributed by atoms with Gasteiger partial charge in [0, 0.05) is 34.1 Å². The van der Waals surface area contributed by atoms with Crippen molar-refractivity contribution in [2.45, 2.75) is 52.4 Å². The largest absolute Gasteiger partial charge is 0.508 e. The smallest absolute Gasteiger partial charge is 0.115 e. The van der Waals surface area contributed by atoms with E-state index in [9.17, 15) is 0 Å². The molecule has 0 aliphatic heterocycles. The molecule has 0 bridgehead atoms. The van der Waals surface area contributed by atoms with Gasteiger partial charge in [-0.1, -0.05) is 187 Å². The van der Waals surface area contributed by atoms with Crippen molar-refractivity contribution < 1.29 is 31.9 Å². The number of hydrogen-bond acceptors (Lipinski definition) is 4. The van der Waals surface area contributed by atoms with Crippen LogP contribution in [0.25, 0.3) is 22.3 Å². The van der Waals surface area contributed by atoms with E-state index >= 15 is 0 Å². The fourth-order valence-electron chi connectivity index (χ4n) is 6.10. The van der Waals surface area contributed by atoms with Crippen LogP contribution in [0.5, 0.6) is 11.5 Å². The number of nitrogens with zero attached hydrogens (tertiary/aromatic N) is 2. The minimum atomic E-state index is 0. The third-order valence-electron chi connectivity index (χ3n) is 9.61. The van der Waals surface area contributed by atoms with Crippen LogP contribution in [-0.2, 0) is 32.5 Å². The van der Waals surface area contributed by atoms with Crippen LogP contribution < -0.4 is 0 Å². The third kappa shape index (κ3) is 19.7. The molecule has 0 unspecified atom stereocenters. The SMILES string of the molecule is CC(C)(C)c1cc(C=Nc2ccccc2)cc(-c2ccccc2)c1.CC(C)(C)c1cc(C=Nc2ccccc2)cc(-c2ccccc2)c1.Cl.Cl.Oc1ccccc1.Oc1ccccc1.[Ti]. The number of hydrogen-bond donors (Lipinski definition) is 2. The summed E-state index contributed by atoms with van der Waals surface area (Å²) in [5.41, 5.74) is 12.0. The molecule has 0 atom stereocenters. The number of benzene rings is 8. The second-order valence-corrected chi connectivity index (χ2v) is 16.8. The summed E-state index contributed by atoms with van der Waals surface area (Å²) in [6, 6.07) is 72.0. The van der Waals surface area contributed by atoms with Crippen molar-refractivity contribution in [1.82, 2.24) is 0 Å². The van der Waals surface area contributed by atoms with Crippen LogP contribution in [0.4, 0.5) is 11.4 Å². The Morgan fingerprint density at radius 2 is 0.600 bits per heavy atom. The summed E-state index contributed by atoms with van der Waals surface area (Å²) in [4.78, 5) is 9.22. The van der Waals surface area contributed by atoms with Gasteiger partial charge in [0.25, 0.3) is 0 Å². The molecule has 8 aromatic carbocycles. The molecule has 7 heteroatoms. The van der Waals surface area contributed by atoms with Crippen molar-refractivity contribution in [1.29, 1.82) is 0 Å². The number of rotatable bonds is 6. The first-order chi connectivity index (χ1) is 29.8. The van der Waals surface area contributed by atoms with Crippen molar-refractivity contribution in [2.75, 3.05) is 0 Å². The molecule has 0 radical (unpaired) electrons. The zero-order valence-corrected chi connectivity index (χ0v) is 41.2. The Balaban J connectivity index is 0.000000332. The molecule has 0 aliphatic carbocycles. The first-order valence-electron chi connectivity index (χ1n) is 20.9. The molecule has 0 amide bonds. The van der Waals surface area contributed by atoms with Gasteiger partial charge in [-0.3, -0.25) is 9.98 Å². The molecule has 0 aliphatic rings. The molecular formula is C58H60Cl2N2O2Ti. The van der Waals surface area contributed by atoms with Crippen LogP contribution in [0.15, 0.2) is 228 Å². The molecule has 0 saturated carbocycles. The van der Waals surface area contributed by atoms with E-state index in [0.29, 0.717) is 11.5 Å². The predicted molar refractivity (Wildman–Crippen MR) is 279 cm³/mol. The Labute approximate surface area is 414 Å². The quantitative estimate of drug-likeness (QED) is 0.129. The number of phenolic OH excluding ortho intramolecular Hbond substituents is 2. The van der Waals surface area contributed by atoms with E-state index in [-0.39, 0.29) is 57.4 Å². The van der Waals surface area contributed by atoms with Gasteiger partial charge in [0.1, 0.15) is 11.5 Å². The van der Waals surface area contributed by atoms with Gasteiger partial charge in [-0.05, 0) is 128 Å². The number of para-hydroxylation sites is 4. The Bertz CT molecular complexity index is 2400. The Kier molecular flexibility index (Phi) is 23.8. The van der Waals surface area contributed by atoms with Crippen LogP contribution in [0.3, 0.4) is 0 Å².